The van der Waals surface area contributed by atoms with E-state index >= 15 is 0 Å². The van der Waals surface area contributed by atoms with Gasteiger partial charge in [-0.3, -0.25) is 14.7 Å². The predicted octanol–water partition coefficient (Wildman–Crippen LogP) is 8.44. The van der Waals surface area contributed by atoms with Crippen LogP contribution in [0.1, 0.15) is 29.3 Å². The lowest BCUT2D eigenvalue weighted by Gasteiger charge is -2.36. The van der Waals surface area contributed by atoms with E-state index in [2.05, 4.69) is 32.2 Å². The van der Waals surface area contributed by atoms with E-state index < -0.39 is 52.8 Å². The van der Waals surface area contributed by atoms with E-state index in [9.17, 15) is 34.8 Å². The maximum atomic E-state index is 14.2. The summed E-state index contributed by atoms with van der Waals surface area (Å²) < 4.78 is 97.5. The third-order valence-corrected chi connectivity index (χ3v) is 15.3. The fourth-order valence-electron chi connectivity index (χ4n) is 7.48. The van der Waals surface area contributed by atoms with Gasteiger partial charge in [0.25, 0.3) is 25.8 Å². The fourth-order valence-corrected chi connectivity index (χ4v) is 10.6. The lowest BCUT2D eigenvalue weighted by molar-refractivity contribution is -0.0435. The molecule has 5 aromatic carbocycles. The minimum atomic E-state index is -6.06. The molecule has 0 bridgehead atoms. The number of halogens is 4. The maximum Gasteiger partial charge on any atom is 0.501 e. The number of hydrogen-bond donors (Lipinski definition) is 2. The Balaban J connectivity index is 1.02. The van der Waals surface area contributed by atoms with Crippen molar-refractivity contribution in [1.29, 1.82) is 0 Å². The molecular formula is C45H46ClF3N6O5S3. The normalized spacial score (nSPS) is 15.5. The zero-order valence-corrected chi connectivity index (χ0v) is 37.5. The maximum absolute atomic E-state index is 14.2. The summed E-state index contributed by atoms with van der Waals surface area (Å²) in [7, 11) is -10.9. The molecular weight excluding hydrogens is 893 g/mol. The van der Waals surface area contributed by atoms with Crippen LogP contribution >= 0.6 is 23.4 Å². The third-order valence-electron chi connectivity index (χ3n) is 11.0. The van der Waals surface area contributed by atoms with Crippen molar-refractivity contribution < 1.29 is 34.8 Å². The Morgan fingerprint density at radius 3 is 2.19 bits per heavy atom. The number of amidine groups is 1. The average molecular weight is 940 g/mol. The van der Waals surface area contributed by atoms with E-state index in [1.165, 1.54) is 29.5 Å². The average Bonchev–Trinajstić information content (AvgIpc) is 3.69. The molecule has 0 unspecified atom stereocenters. The lowest BCUT2D eigenvalue weighted by Crippen LogP contribution is -2.46. The molecule has 0 aliphatic carbocycles. The van der Waals surface area contributed by atoms with E-state index in [4.69, 9.17) is 11.6 Å². The number of aliphatic imine (C=N–C) groups is 1. The molecule has 2 N–H and O–H groups in total. The van der Waals surface area contributed by atoms with Crippen LogP contribution in [0.2, 0.25) is 5.02 Å². The van der Waals surface area contributed by atoms with E-state index in [0.29, 0.717) is 56.0 Å². The fraction of sp³-hybridized carbons (Fsp3) is 0.289. The molecule has 2 heterocycles. The number of hydrogen-bond acceptors (Lipinski definition) is 11. The first kappa shape index (κ1) is 45.9. The number of benzene rings is 5. The lowest BCUT2D eigenvalue weighted by atomic mass is 9.99. The molecule has 1 saturated heterocycles. The summed E-state index contributed by atoms with van der Waals surface area (Å²) in [6, 6.07) is 33.5. The monoisotopic (exact) mass is 938 g/mol. The minimum Gasteiger partial charge on any atom is -0.380 e. The van der Waals surface area contributed by atoms with E-state index in [-0.39, 0.29) is 5.56 Å². The Bertz CT molecular complexity index is 2650. The van der Waals surface area contributed by atoms with Gasteiger partial charge >= 0.3 is 5.51 Å². The van der Waals surface area contributed by atoms with Crippen LogP contribution in [-0.2, 0) is 26.4 Å². The molecule has 1 amide bonds. The second-order valence-corrected chi connectivity index (χ2v) is 20.3. The van der Waals surface area contributed by atoms with Crippen molar-refractivity contribution in [3.05, 3.63) is 137 Å². The number of thioether (sulfide) groups is 1. The number of nitrogens with one attached hydrogen (secondary N) is 2. The number of rotatable bonds is 16. The molecule has 18 heteroatoms. The number of sulfone groups is 1. The van der Waals surface area contributed by atoms with Crippen molar-refractivity contribution in [3.8, 4) is 11.1 Å². The van der Waals surface area contributed by atoms with Gasteiger partial charge in [-0.15, -0.1) is 11.8 Å². The molecule has 0 spiro atoms. The van der Waals surface area contributed by atoms with Crippen LogP contribution < -0.4 is 14.9 Å². The molecule has 1 fully saturated rings. The Hall–Kier alpha value is -5.07. The SMILES string of the molecule is CC1=NCCN1CC[C@H](CSc1ccccc1)Nc1ccc(S(=O)(=O)NC(=O)c2ccc(N3CCN(Cc4ccccc4-c4ccc(Cl)cc4)CC3)cc2)cc1S(=O)(=O)C(F)(F)F. The molecule has 0 aromatic heterocycles. The van der Waals surface area contributed by atoms with Crippen LogP contribution in [0, 0.1) is 0 Å². The van der Waals surface area contributed by atoms with Gasteiger partial charge in [-0.2, -0.15) is 13.2 Å². The van der Waals surface area contributed by atoms with Gasteiger partial charge in [0, 0.05) is 78.8 Å². The third kappa shape index (κ3) is 11.4. The van der Waals surface area contributed by atoms with Crippen LogP contribution in [0.15, 0.2) is 141 Å². The van der Waals surface area contributed by atoms with Gasteiger partial charge in [-0.25, -0.2) is 21.6 Å². The highest BCUT2D eigenvalue weighted by Crippen LogP contribution is 2.37. The second-order valence-electron chi connectivity index (χ2n) is 15.2. The van der Waals surface area contributed by atoms with Gasteiger partial charge in [0.15, 0.2) is 0 Å². The summed E-state index contributed by atoms with van der Waals surface area (Å²) in [5.74, 6) is 0.147. The van der Waals surface area contributed by atoms with Gasteiger partial charge in [-0.05, 0) is 96.8 Å². The van der Waals surface area contributed by atoms with Crippen LogP contribution in [-0.4, -0.2) is 101 Å². The number of anilines is 2. The van der Waals surface area contributed by atoms with Gasteiger partial charge in [0.05, 0.1) is 23.0 Å². The highest BCUT2D eigenvalue weighted by atomic mass is 35.5. The number of carbonyl (C=O) groups excluding carboxylic acids is 1. The summed E-state index contributed by atoms with van der Waals surface area (Å²) in [4.78, 5) is 23.0. The molecule has 332 valence electrons. The molecule has 63 heavy (non-hydrogen) atoms. The minimum absolute atomic E-state index is 0.0155. The number of alkyl halides is 3. The highest BCUT2D eigenvalue weighted by molar-refractivity contribution is 7.99. The molecule has 0 saturated carbocycles. The summed E-state index contributed by atoms with van der Waals surface area (Å²) in [5.41, 5.74) is -1.93. The summed E-state index contributed by atoms with van der Waals surface area (Å²) >= 11 is 7.55. The Morgan fingerprint density at radius 1 is 0.841 bits per heavy atom. The molecule has 2 aliphatic rings. The van der Waals surface area contributed by atoms with E-state index in [1.807, 2.05) is 83.3 Å². The van der Waals surface area contributed by atoms with Crippen molar-refractivity contribution in [3.63, 3.8) is 0 Å². The molecule has 7 rings (SSSR count). The predicted molar refractivity (Wildman–Crippen MR) is 244 cm³/mol. The molecule has 11 nitrogen and oxygen atoms in total. The molecule has 5 aromatic rings. The van der Waals surface area contributed by atoms with Crippen molar-refractivity contribution in [2.45, 2.75) is 46.1 Å². The number of piperazine rings is 1. The number of carbonyl (C=O) groups is 1. The molecule has 1 atom stereocenters. The van der Waals surface area contributed by atoms with Crippen molar-refractivity contribution in [1.82, 2.24) is 14.5 Å². The number of nitrogens with zero attached hydrogens (tertiary/aromatic N) is 4. The quantitative estimate of drug-likeness (QED) is 0.0930. The first-order chi connectivity index (χ1) is 30.1. The zero-order valence-electron chi connectivity index (χ0n) is 34.3. The van der Waals surface area contributed by atoms with Crippen LogP contribution in [0.25, 0.3) is 11.1 Å². The van der Waals surface area contributed by atoms with Crippen LogP contribution in [0.3, 0.4) is 0 Å². The van der Waals surface area contributed by atoms with Crippen molar-refractivity contribution >= 4 is 66.3 Å². The number of amides is 1. The van der Waals surface area contributed by atoms with E-state index in [1.54, 1.807) is 12.1 Å². The first-order valence-corrected chi connectivity index (χ1v) is 24.5. The van der Waals surface area contributed by atoms with Crippen LogP contribution in [0.4, 0.5) is 24.5 Å². The number of sulfonamides is 1. The van der Waals surface area contributed by atoms with Gasteiger partial charge in [-0.1, -0.05) is 66.2 Å². The smallest absolute Gasteiger partial charge is 0.380 e. The van der Waals surface area contributed by atoms with Crippen molar-refractivity contribution in [2.24, 2.45) is 4.99 Å². The van der Waals surface area contributed by atoms with Gasteiger partial charge in [0.1, 0.15) is 4.90 Å². The molecule has 2 aliphatic heterocycles. The van der Waals surface area contributed by atoms with Gasteiger partial charge in [0.2, 0.25) is 0 Å². The Kier molecular flexibility index (Phi) is 14.4. The largest absolute Gasteiger partial charge is 0.501 e. The topological polar surface area (TPSA) is 131 Å². The Morgan fingerprint density at radius 2 is 1.52 bits per heavy atom. The van der Waals surface area contributed by atoms with Crippen molar-refractivity contribution in [2.75, 3.05) is 61.8 Å². The van der Waals surface area contributed by atoms with Crippen LogP contribution in [0.5, 0.6) is 0 Å². The summed E-state index contributed by atoms with van der Waals surface area (Å²) in [5, 5.41) is 3.65. The summed E-state index contributed by atoms with van der Waals surface area (Å²) in [6.07, 6.45) is 0.407. The van der Waals surface area contributed by atoms with Gasteiger partial charge < -0.3 is 15.1 Å². The second kappa shape index (κ2) is 19.8. The standard InChI is InChI=1S/C45H46ClF3N6O5S3/c1-32-50-22-24-54(32)23-21-37(31-61-39-8-3-2-4-9-39)51-42-20-19-40(29-43(42)62(57,58)45(47,48)49)63(59,60)52-44(56)34-13-17-38(18-14-34)55-27-25-53(26-28-55)30-35-7-5-6-10-41(35)33-11-15-36(46)16-12-33/h2-20,29,37,51H,21-28,30-31H2,1H3,(H,52,56)/t37-/m1/s1. The Labute approximate surface area is 375 Å². The summed E-state index contributed by atoms with van der Waals surface area (Å²) in [6.45, 7) is 7.39. The first-order valence-electron chi connectivity index (χ1n) is 20.2. The molecule has 0 radical (unpaired) electrons. The zero-order chi connectivity index (χ0) is 44.8. The van der Waals surface area contributed by atoms with E-state index in [0.717, 1.165) is 59.3 Å². The highest BCUT2D eigenvalue weighted by Gasteiger charge is 2.48.